The molecule has 0 radical (unpaired) electrons. The number of hydrogen-bond acceptors (Lipinski definition) is 6. The molecule has 128 valence electrons. The minimum Gasteiger partial charge on any atom is -0.504 e. The zero-order valence-electron chi connectivity index (χ0n) is 13.8. The highest BCUT2D eigenvalue weighted by Gasteiger charge is 2.15. The molecular weight excluding hydrogens is 322 g/mol. The number of aromatic nitrogens is 3. The second-order valence-corrected chi connectivity index (χ2v) is 5.31. The maximum Gasteiger partial charge on any atom is 0.360 e. The lowest BCUT2D eigenvalue weighted by Crippen LogP contribution is -2.04. The van der Waals surface area contributed by atoms with E-state index in [1.54, 1.807) is 37.3 Å². The largest absolute Gasteiger partial charge is 0.504 e. The molecule has 0 saturated heterocycles. The molecule has 1 aromatic heterocycles. The minimum atomic E-state index is -0.539. The van der Waals surface area contributed by atoms with E-state index in [9.17, 15) is 9.90 Å². The topological polar surface area (TPSA) is 86.5 Å². The van der Waals surface area contributed by atoms with Crippen LogP contribution >= 0.6 is 0 Å². The number of rotatable bonds is 5. The Morgan fingerprint density at radius 3 is 2.76 bits per heavy atom. The molecule has 0 unspecified atom stereocenters. The molecule has 0 bridgehead atoms. The summed E-state index contributed by atoms with van der Waals surface area (Å²) < 4.78 is 12.1. The molecule has 0 aliphatic heterocycles. The summed E-state index contributed by atoms with van der Waals surface area (Å²) >= 11 is 0. The van der Waals surface area contributed by atoms with E-state index < -0.39 is 5.97 Å². The molecule has 1 heterocycles. The Bertz CT molecular complexity index is 905. The first-order valence-corrected chi connectivity index (χ1v) is 7.75. The van der Waals surface area contributed by atoms with Crippen LogP contribution < -0.4 is 4.74 Å². The molecule has 25 heavy (non-hydrogen) atoms. The summed E-state index contributed by atoms with van der Waals surface area (Å²) in [4.78, 5) is 11.7. The second kappa shape index (κ2) is 7.04. The number of aromatic hydroxyl groups is 1. The number of phenolic OH excluding ortho intramolecular Hbond substituents is 1. The third-order valence-corrected chi connectivity index (χ3v) is 3.42. The van der Waals surface area contributed by atoms with Crippen LogP contribution in [0.15, 0.2) is 48.7 Å². The molecule has 1 N–H and O–H groups in total. The molecule has 0 saturated carbocycles. The van der Waals surface area contributed by atoms with Crippen LogP contribution in [0.5, 0.6) is 17.2 Å². The monoisotopic (exact) mass is 339 g/mol. The summed E-state index contributed by atoms with van der Waals surface area (Å²) in [5.41, 5.74) is 1.61. The summed E-state index contributed by atoms with van der Waals surface area (Å²) in [6, 6.07) is 12.3. The number of aryl methyl sites for hydroxylation is 1. The third kappa shape index (κ3) is 3.60. The number of carbonyl (C=O) groups excluding carboxylic acids is 1. The Morgan fingerprint density at radius 1 is 1.20 bits per heavy atom. The number of esters is 1. The Balaban J connectivity index is 1.92. The number of phenols is 1. The molecule has 0 atom stereocenters. The first-order chi connectivity index (χ1) is 12.1. The van der Waals surface area contributed by atoms with E-state index in [1.165, 1.54) is 10.9 Å². The molecule has 3 aromatic rings. The van der Waals surface area contributed by atoms with Crippen molar-refractivity contribution in [1.82, 2.24) is 15.0 Å². The number of benzene rings is 2. The zero-order chi connectivity index (χ0) is 17.8. The molecule has 0 fully saturated rings. The lowest BCUT2D eigenvalue weighted by atomic mass is 10.2. The van der Waals surface area contributed by atoms with E-state index in [1.807, 2.05) is 19.1 Å². The molecule has 7 heteroatoms. The fourth-order valence-corrected chi connectivity index (χ4v) is 2.25. The van der Waals surface area contributed by atoms with E-state index in [0.717, 1.165) is 5.56 Å². The van der Waals surface area contributed by atoms with Crippen molar-refractivity contribution < 1.29 is 19.4 Å². The summed E-state index contributed by atoms with van der Waals surface area (Å²) in [5, 5.41) is 17.8. The highest BCUT2D eigenvalue weighted by Crippen LogP contribution is 2.34. The summed E-state index contributed by atoms with van der Waals surface area (Å²) in [5.74, 6) is 0.287. The fourth-order valence-electron chi connectivity index (χ4n) is 2.25. The van der Waals surface area contributed by atoms with Gasteiger partial charge in [-0.05, 0) is 43.7 Å². The van der Waals surface area contributed by atoms with Crippen LogP contribution in [0.25, 0.3) is 5.69 Å². The summed E-state index contributed by atoms with van der Waals surface area (Å²) in [6.45, 7) is 3.86. The van der Waals surface area contributed by atoms with Crippen molar-refractivity contribution in [2.45, 2.75) is 13.8 Å². The number of nitrogens with zero attached hydrogens (tertiary/aromatic N) is 3. The van der Waals surface area contributed by atoms with Crippen LogP contribution in [-0.2, 0) is 4.74 Å². The van der Waals surface area contributed by atoms with Crippen LogP contribution in [0.1, 0.15) is 23.0 Å². The Kier molecular flexibility index (Phi) is 4.65. The highest BCUT2D eigenvalue weighted by atomic mass is 16.5. The van der Waals surface area contributed by atoms with Gasteiger partial charge in [0, 0.05) is 0 Å². The number of hydrogen-bond donors (Lipinski definition) is 1. The second-order valence-electron chi connectivity index (χ2n) is 5.31. The van der Waals surface area contributed by atoms with Gasteiger partial charge in [-0.25, -0.2) is 9.48 Å². The van der Waals surface area contributed by atoms with Crippen LogP contribution in [0.2, 0.25) is 0 Å². The van der Waals surface area contributed by atoms with Gasteiger partial charge in [-0.3, -0.25) is 0 Å². The van der Waals surface area contributed by atoms with Gasteiger partial charge in [-0.15, -0.1) is 5.10 Å². The lowest BCUT2D eigenvalue weighted by Gasteiger charge is -2.12. The molecule has 0 aliphatic carbocycles. The van der Waals surface area contributed by atoms with Gasteiger partial charge in [0.25, 0.3) is 0 Å². The molecule has 0 aliphatic rings. The van der Waals surface area contributed by atoms with Gasteiger partial charge < -0.3 is 14.6 Å². The molecule has 0 spiro atoms. The Labute approximate surface area is 144 Å². The first kappa shape index (κ1) is 16.5. The van der Waals surface area contributed by atoms with Gasteiger partial charge in [-0.2, -0.15) is 0 Å². The van der Waals surface area contributed by atoms with Gasteiger partial charge in [-0.1, -0.05) is 23.4 Å². The fraction of sp³-hybridized carbons (Fsp3) is 0.167. The lowest BCUT2D eigenvalue weighted by molar-refractivity contribution is 0.0519. The minimum absolute atomic E-state index is 0.0422. The van der Waals surface area contributed by atoms with Gasteiger partial charge in [0.1, 0.15) is 5.69 Å². The average molecular weight is 339 g/mol. The van der Waals surface area contributed by atoms with E-state index in [4.69, 9.17) is 9.47 Å². The van der Waals surface area contributed by atoms with Crippen LogP contribution in [-0.4, -0.2) is 32.7 Å². The maximum atomic E-state index is 11.7. The van der Waals surface area contributed by atoms with Crippen molar-refractivity contribution in [1.29, 1.82) is 0 Å². The number of para-hydroxylation sites is 2. The zero-order valence-corrected chi connectivity index (χ0v) is 13.8. The summed E-state index contributed by atoms with van der Waals surface area (Å²) in [6.07, 6.45) is 1.47. The van der Waals surface area contributed by atoms with E-state index in [-0.39, 0.29) is 18.1 Å². The van der Waals surface area contributed by atoms with Gasteiger partial charge in [0.15, 0.2) is 22.9 Å². The normalized spacial score (nSPS) is 10.5. The van der Waals surface area contributed by atoms with E-state index in [0.29, 0.717) is 17.2 Å². The Hall–Kier alpha value is -3.35. The van der Waals surface area contributed by atoms with Crippen LogP contribution in [0, 0.1) is 6.92 Å². The average Bonchev–Trinajstić information content (AvgIpc) is 3.08. The summed E-state index contributed by atoms with van der Waals surface area (Å²) in [7, 11) is 0. The number of carbonyl (C=O) groups is 1. The molecule has 0 amide bonds. The molecule has 3 rings (SSSR count). The van der Waals surface area contributed by atoms with Crippen molar-refractivity contribution in [3.8, 4) is 22.9 Å². The number of ether oxygens (including phenoxy) is 2. The third-order valence-electron chi connectivity index (χ3n) is 3.42. The highest BCUT2D eigenvalue weighted by molar-refractivity contribution is 5.86. The van der Waals surface area contributed by atoms with Crippen LogP contribution in [0.4, 0.5) is 0 Å². The van der Waals surface area contributed by atoms with Crippen molar-refractivity contribution in [3.05, 3.63) is 59.9 Å². The predicted molar refractivity (Wildman–Crippen MR) is 90.2 cm³/mol. The van der Waals surface area contributed by atoms with Crippen molar-refractivity contribution in [3.63, 3.8) is 0 Å². The maximum absolute atomic E-state index is 11.7. The molecular formula is C18H17N3O4. The van der Waals surface area contributed by atoms with Crippen molar-refractivity contribution >= 4 is 5.97 Å². The smallest absolute Gasteiger partial charge is 0.360 e. The SMILES string of the molecule is CCOC(=O)c1cn(-c2ccccc2Oc2ccc(C)cc2O)nn1. The Morgan fingerprint density at radius 2 is 2.00 bits per heavy atom. The van der Waals surface area contributed by atoms with Crippen LogP contribution in [0.3, 0.4) is 0 Å². The predicted octanol–water partition coefficient (Wildman–Crippen LogP) is 3.25. The van der Waals surface area contributed by atoms with Crippen molar-refractivity contribution in [2.24, 2.45) is 0 Å². The first-order valence-electron chi connectivity index (χ1n) is 7.75. The van der Waals surface area contributed by atoms with E-state index >= 15 is 0 Å². The van der Waals surface area contributed by atoms with E-state index in [2.05, 4.69) is 10.3 Å². The van der Waals surface area contributed by atoms with Gasteiger partial charge in [0.2, 0.25) is 0 Å². The quantitative estimate of drug-likeness (QED) is 0.718. The van der Waals surface area contributed by atoms with Crippen molar-refractivity contribution in [2.75, 3.05) is 6.61 Å². The van der Waals surface area contributed by atoms with Gasteiger partial charge in [0.05, 0.1) is 12.8 Å². The standard InChI is InChI=1S/C18H17N3O4/c1-3-24-18(23)13-11-21(20-19-13)14-6-4-5-7-16(14)25-17-9-8-12(2)10-15(17)22/h4-11,22H,3H2,1-2H3. The molecule has 7 nitrogen and oxygen atoms in total. The molecule has 2 aromatic carbocycles. The van der Waals surface area contributed by atoms with Gasteiger partial charge >= 0.3 is 5.97 Å².